The fourth-order valence-corrected chi connectivity index (χ4v) is 4.99. The van der Waals surface area contributed by atoms with Gasteiger partial charge in [0.2, 0.25) is 0 Å². The van der Waals surface area contributed by atoms with Crippen LogP contribution in [0.5, 0.6) is 5.75 Å². The number of halogens is 2. The topological polar surface area (TPSA) is 87.0 Å². The van der Waals surface area contributed by atoms with Gasteiger partial charge in [0.25, 0.3) is 0 Å². The zero-order chi connectivity index (χ0) is 27.1. The Kier molecular flexibility index (Phi) is 11.1. The summed E-state index contributed by atoms with van der Waals surface area (Å²) in [6.07, 6.45) is 1.75. The molecule has 0 spiro atoms. The van der Waals surface area contributed by atoms with Gasteiger partial charge in [0.1, 0.15) is 12.4 Å². The Morgan fingerprint density at radius 1 is 0.944 bits per heavy atom. The Morgan fingerprint density at radius 2 is 1.53 bits per heavy atom. The third kappa shape index (κ3) is 7.85. The summed E-state index contributed by atoms with van der Waals surface area (Å²) < 4.78 is 5.66. The molecule has 0 radical (unpaired) electrons. The lowest BCUT2D eigenvalue weighted by Crippen LogP contribution is -2.27. The van der Waals surface area contributed by atoms with E-state index in [1.165, 1.54) is 0 Å². The molecule has 0 aliphatic rings. The summed E-state index contributed by atoms with van der Waals surface area (Å²) in [4.78, 5) is 10.7. The third-order valence-corrected chi connectivity index (χ3v) is 7.75. The maximum absolute atomic E-state index is 10.7. The Labute approximate surface area is 225 Å². The number of hydrogen-bond donors (Lipinski definition) is 3. The van der Waals surface area contributed by atoms with Gasteiger partial charge in [-0.15, -0.1) is 0 Å². The second kappa shape index (κ2) is 13.1. The lowest BCUT2D eigenvalue weighted by atomic mass is 9.70. The van der Waals surface area contributed by atoms with E-state index in [-0.39, 0.29) is 30.3 Å². The SMILES string of the molecule is CCC(CC)(c1ccc(CCC(O)C(C)(C)C)c(Cl)c1)c1ccc(OC[C@H](O)CCC(=O)O)c(Cl)c1. The highest BCUT2D eigenvalue weighted by molar-refractivity contribution is 6.32. The van der Waals surface area contributed by atoms with Crippen molar-refractivity contribution >= 4 is 29.2 Å². The molecular weight excluding hydrogens is 499 g/mol. The van der Waals surface area contributed by atoms with Gasteiger partial charge in [-0.25, -0.2) is 0 Å². The van der Waals surface area contributed by atoms with Gasteiger partial charge in [0, 0.05) is 16.9 Å². The fourth-order valence-electron chi connectivity index (χ4n) is 4.48. The molecule has 2 aromatic carbocycles. The molecular formula is C29H40Cl2O5. The first kappa shape index (κ1) is 30.4. The molecule has 0 aliphatic heterocycles. The second-order valence-corrected chi connectivity index (χ2v) is 11.4. The monoisotopic (exact) mass is 538 g/mol. The van der Waals surface area contributed by atoms with Crippen LogP contribution in [0.1, 0.15) is 83.4 Å². The Morgan fingerprint density at radius 3 is 2.03 bits per heavy atom. The number of aliphatic hydroxyl groups excluding tert-OH is 2. The molecule has 0 saturated heterocycles. The minimum atomic E-state index is -0.956. The Balaban J connectivity index is 2.23. The molecule has 0 fully saturated rings. The van der Waals surface area contributed by atoms with Crippen LogP contribution in [0.3, 0.4) is 0 Å². The largest absolute Gasteiger partial charge is 0.489 e. The first-order valence-corrected chi connectivity index (χ1v) is 13.4. The van der Waals surface area contributed by atoms with Gasteiger partial charge in [-0.3, -0.25) is 4.79 Å². The van der Waals surface area contributed by atoms with E-state index in [1.807, 2.05) is 39.0 Å². The number of carboxylic acids is 1. The predicted molar refractivity (Wildman–Crippen MR) is 146 cm³/mol. The molecule has 2 rings (SSSR count). The number of carboxylic acid groups (broad SMARTS) is 1. The lowest BCUT2D eigenvalue weighted by molar-refractivity contribution is -0.137. The van der Waals surface area contributed by atoms with Crippen molar-refractivity contribution in [1.82, 2.24) is 0 Å². The Hall–Kier alpha value is -1.79. The summed E-state index contributed by atoms with van der Waals surface area (Å²) in [5, 5.41) is 30.3. The van der Waals surface area contributed by atoms with Gasteiger partial charge in [-0.05, 0) is 72.4 Å². The Bertz CT molecular complexity index is 1010. The average Bonchev–Trinajstić information content (AvgIpc) is 2.82. The molecule has 5 nitrogen and oxygen atoms in total. The lowest BCUT2D eigenvalue weighted by Gasteiger charge is -2.34. The first-order chi connectivity index (χ1) is 16.8. The maximum Gasteiger partial charge on any atom is 0.303 e. The van der Waals surface area contributed by atoms with Gasteiger partial charge < -0.3 is 20.1 Å². The summed E-state index contributed by atoms with van der Waals surface area (Å²) in [7, 11) is 0. The van der Waals surface area contributed by atoms with E-state index in [0.29, 0.717) is 28.6 Å². The molecule has 0 saturated carbocycles. The minimum Gasteiger partial charge on any atom is -0.489 e. The van der Waals surface area contributed by atoms with Crippen molar-refractivity contribution in [2.75, 3.05) is 6.61 Å². The number of aryl methyl sites for hydroxylation is 1. The van der Waals surface area contributed by atoms with Crippen LogP contribution in [0.15, 0.2) is 36.4 Å². The van der Waals surface area contributed by atoms with Crippen molar-refractivity contribution in [3.8, 4) is 5.75 Å². The van der Waals surface area contributed by atoms with Crippen LogP contribution in [-0.4, -0.2) is 40.1 Å². The number of ether oxygens (including phenoxy) is 1. The maximum atomic E-state index is 10.7. The highest BCUT2D eigenvalue weighted by Gasteiger charge is 2.32. The molecule has 0 bridgehead atoms. The number of hydrogen-bond acceptors (Lipinski definition) is 4. The highest BCUT2D eigenvalue weighted by Crippen LogP contribution is 2.42. The zero-order valence-corrected chi connectivity index (χ0v) is 23.5. The first-order valence-electron chi connectivity index (χ1n) is 12.6. The van der Waals surface area contributed by atoms with Crippen molar-refractivity contribution in [1.29, 1.82) is 0 Å². The van der Waals surface area contributed by atoms with Crippen LogP contribution >= 0.6 is 23.2 Å². The van der Waals surface area contributed by atoms with Crippen molar-refractivity contribution in [2.45, 2.75) is 90.8 Å². The molecule has 7 heteroatoms. The number of benzene rings is 2. The normalized spacial score (nSPS) is 13.9. The van der Waals surface area contributed by atoms with Crippen molar-refractivity contribution in [2.24, 2.45) is 5.41 Å². The molecule has 2 atom stereocenters. The molecule has 0 heterocycles. The van der Waals surface area contributed by atoms with Crippen LogP contribution in [0.2, 0.25) is 10.0 Å². The van der Waals surface area contributed by atoms with Gasteiger partial charge >= 0.3 is 5.97 Å². The zero-order valence-electron chi connectivity index (χ0n) is 22.0. The van der Waals surface area contributed by atoms with Crippen LogP contribution in [0.25, 0.3) is 0 Å². The van der Waals surface area contributed by atoms with Crippen molar-refractivity contribution in [3.05, 3.63) is 63.1 Å². The van der Waals surface area contributed by atoms with Gasteiger partial charge in [-0.1, -0.05) is 76.0 Å². The molecule has 2 aromatic rings. The van der Waals surface area contributed by atoms with E-state index in [1.54, 1.807) is 6.07 Å². The predicted octanol–water partition coefficient (Wildman–Crippen LogP) is 7.04. The molecule has 0 amide bonds. The summed E-state index contributed by atoms with van der Waals surface area (Å²) in [5.41, 5.74) is 2.70. The van der Waals surface area contributed by atoms with Gasteiger partial charge in [-0.2, -0.15) is 0 Å². The number of carbonyl (C=O) groups is 1. The van der Waals surface area contributed by atoms with Crippen molar-refractivity contribution < 1.29 is 24.9 Å². The van der Waals surface area contributed by atoms with Gasteiger partial charge in [0.05, 0.1) is 17.2 Å². The molecule has 1 unspecified atom stereocenters. The minimum absolute atomic E-state index is 0.0278. The molecule has 3 N–H and O–H groups in total. The van der Waals surface area contributed by atoms with Crippen molar-refractivity contribution in [3.63, 3.8) is 0 Å². The van der Waals surface area contributed by atoms with Crippen LogP contribution < -0.4 is 4.74 Å². The van der Waals surface area contributed by atoms with Gasteiger partial charge in [0.15, 0.2) is 0 Å². The molecule has 36 heavy (non-hydrogen) atoms. The molecule has 200 valence electrons. The smallest absolute Gasteiger partial charge is 0.303 e. The summed E-state index contributed by atoms with van der Waals surface area (Å²) in [6, 6.07) is 11.9. The average molecular weight is 540 g/mol. The molecule has 0 aliphatic carbocycles. The van der Waals surface area contributed by atoms with Crippen LogP contribution in [0.4, 0.5) is 0 Å². The summed E-state index contributed by atoms with van der Waals surface area (Å²) in [6.45, 7) is 10.3. The fraction of sp³-hybridized carbons (Fsp3) is 0.552. The second-order valence-electron chi connectivity index (χ2n) is 10.6. The van der Waals surface area contributed by atoms with Crippen LogP contribution in [-0.2, 0) is 16.6 Å². The number of aliphatic carboxylic acids is 1. The van der Waals surface area contributed by atoms with E-state index < -0.39 is 18.2 Å². The quantitative estimate of drug-likeness (QED) is 0.254. The highest BCUT2D eigenvalue weighted by atomic mass is 35.5. The molecule has 0 aromatic heterocycles. The van der Waals surface area contributed by atoms with E-state index in [0.717, 1.165) is 29.5 Å². The summed E-state index contributed by atoms with van der Waals surface area (Å²) in [5.74, 6) is -0.510. The number of rotatable bonds is 13. The summed E-state index contributed by atoms with van der Waals surface area (Å²) >= 11 is 13.3. The van der Waals surface area contributed by atoms with E-state index >= 15 is 0 Å². The number of aliphatic hydroxyl groups is 2. The van der Waals surface area contributed by atoms with Crippen LogP contribution in [0, 0.1) is 5.41 Å². The third-order valence-electron chi connectivity index (χ3n) is 7.11. The standard InChI is InChI=1S/C29H40Cl2O5/c1-6-29(7-2,20-10-8-19(23(30)16-20)9-14-26(33)28(3,4)5)21-11-13-25(24(31)17-21)36-18-22(32)12-15-27(34)35/h8,10-11,13,16-17,22,26,32-33H,6-7,9,12,14-15,18H2,1-5H3,(H,34,35)/t22-,26?/m1/s1. The van der Waals surface area contributed by atoms with E-state index in [4.69, 9.17) is 33.0 Å². The van der Waals surface area contributed by atoms with E-state index in [2.05, 4.69) is 26.0 Å². The van der Waals surface area contributed by atoms with E-state index in [9.17, 15) is 15.0 Å².